The van der Waals surface area contributed by atoms with Gasteiger partial charge in [-0.05, 0) is 12.1 Å². The van der Waals surface area contributed by atoms with Gasteiger partial charge in [0, 0.05) is 29.8 Å². The second-order valence-corrected chi connectivity index (χ2v) is 1.65. The van der Waals surface area contributed by atoms with Crippen LogP contribution in [0.25, 0.3) is 0 Å². The smallest absolute Gasteiger partial charge is 0.358 e. The first-order valence-corrected chi connectivity index (χ1v) is 2.65. The minimum atomic E-state index is -0.576. The van der Waals surface area contributed by atoms with Crippen molar-refractivity contribution >= 4 is 5.97 Å². The maximum absolute atomic E-state index is 10.6. The van der Waals surface area contributed by atoms with Gasteiger partial charge < -0.3 is 4.84 Å². The molecule has 1 aromatic heterocycles. The van der Waals surface area contributed by atoms with Crippen molar-refractivity contribution in [1.29, 1.82) is 0 Å². The van der Waals surface area contributed by atoms with E-state index >= 15 is 0 Å². The van der Waals surface area contributed by atoms with E-state index in [1.807, 2.05) is 0 Å². The van der Waals surface area contributed by atoms with E-state index in [-0.39, 0.29) is 17.4 Å². The van der Waals surface area contributed by atoms with Crippen LogP contribution in [0.4, 0.5) is 0 Å². The number of aromatic nitrogens is 1. The van der Waals surface area contributed by atoms with Crippen LogP contribution in [-0.4, -0.2) is 11.0 Å². The summed E-state index contributed by atoms with van der Waals surface area (Å²) in [4.78, 5) is 18.3. The van der Waals surface area contributed by atoms with Crippen molar-refractivity contribution in [2.75, 3.05) is 0 Å². The van der Waals surface area contributed by atoms with E-state index in [1.165, 1.54) is 6.20 Å². The Morgan fingerprint density at radius 2 is 2.36 bits per heavy atom. The maximum atomic E-state index is 10.6. The van der Waals surface area contributed by atoms with E-state index < -0.39 is 5.97 Å². The Kier molecular flexibility index (Phi) is 4.46. The number of pyridine rings is 1. The van der Waals surface area contributed by atoms with Gasteiger partial charge >= 0.3 is 5.97 Å². The van der Waals surface area contributed by atoms with Gasteiger partial charge in [-0.1, -0.05) is 0 Å². The van der Waals surface area contributed by atoms with E-state index in [9.17, 15) is 4.79 Å². The van der Waals surface area contributed by atoms with Crippen molar-refractivity contribution in [3.05, 3.63) is 30.1 Å². The molecule has 0 bridgehead atoms. The predicted molar refractivity (Wildman–Crippen MR) is 33.8 cm³/mol. The molecule has 0 fully saturated rings. The summed E-state index contributed by atoms with van der Waals surface area (Å²) >= 11 is 0. The second-order valence-electron chi connectivity index (χ2n) is 1.65. The Morgan fingerprint density at radius 3 is 2.82 bits per heavy atom. The van der Waals surface area contributed by atoms with Crippen LogP contribution in [-0.2, 0) is 22.2 Å². The number of nitrogens with zero attached hydrogens (tertiary/aromatic N) is 1. The van der Waals surface area contributed by atoms with Gasteiger partial charge in [-0.15, -0.1) is 0 Å². The Hall–Kier alpha value is -0.888. The van der Waals surface area contributed by atoms with Crippen LogP contribution in [0.15, 0.2) is 24.5 Å². The standard InChI is InChI=1S/C6H6N2O2.Cr/c7-10-6(9)5-2-1-3-8-4-5;/h1-4H,7H2;. The SMILES string of the molecule is NOC(=O)c1cccnc1.[Cr]. The summed E-state index contributed by atoms with van der Waals surface area (Å²) in [5, 5.41) is 0. The molecule has 1 heterocycles. The number of hydrogen-bond donors (Lipinski definition) is 1. The number of rotatable bonds is 1. The van der Waals surface area contributed by atoms with Crippen LogP contribution in [0, 0.1) is 0 Å². The first kappa shape index (κ1) is 10.1. The van der Waals surface area contributed by atoms with E-state index in [1.54, 1.807) is 18.3 Å². The van der Waals surface area contributed by atoms with Crippen molar-refractivity contribution in [2.24, 2.45) is 5.90 Å². The number of carbonyl (C=O) groups is 1. The molecule has 0 aliphatic carbocycles. The fourth-order valence-corrected chi connectivity index (χ4v) is 0.552. The summed E-state index contributed by atoms with van der Waals surface area (Å²) in [6.07, 6.45) is 2.95. The van der Waals surface area contributed by atoms with Gasteiger partial charge in [0.05, 0.1) is 5.56 Å². The molecule has 0 atom stereocenters. The van der Waals surface area contributed by atoms with Crippen molar-refractivity contribution in [1.82, 2.24) is 4.98 Å². The first-order valence-electron chi connectivity index (χ1n) is 2.65. The second kappa shape index (κ2) is 4.86. The van der Waals surface area contributed by atoms with E-state index in [0.29, 0.717) is 5.56 Å². The third-order valence-corrected chi connectivity index (χ3v) is 1.00. The van der Waals surface area contributed by atoms with Gasteiger partial charge in [0.1, 0.15) is 0 Å². The van der Waals surface area contributed by atoms with Crippen LogP contribution in [0.1, 0.15) is 10.4 Å². The van der Waals surface area contributed by atoms with E-state index in [0.717, 1.165) is 0 Å². The molecule has 1 aromatic rings. The molecule has 58 valence electrons. The van der Waals surface area contributed by atoms with Crippen molar-refractivity contribution in [3.63, 3.8) is 0 Å². The molecule has 0 radical (unpaired) electrons. The summed E-state index contributed by atoms with van der Waals surface area (Å²) < 4.78 is 0. The average Bonchev–Trinajstić information content (AvgIpc) is 2.05. The van der Waals surface area contributed by atoms with Crippen LogP contribution >= 0.6 is 0 Å². The predicted octanol–water partition coefficient (Wildman–Crippen LogP) is 0.110. The van der Waals surface area contributed by atoms with Crippen molar-refractivity contribution in [2.45, 2.75) is 0 Å². The molecule has 0 aliphatic rings. The van der Waals surface area contributed by atoms with Crippen molar-refractivity contribution < 1.29 is 27.0 Å². The van der Waals surface area contributed by atoms with Gasteiger partial charge in [0.15, 0.2) is 0 Å². The molecule has 0 aliphatic heterocycles. The Bertz CT molecular complexity index is 227. The minimum absolute atomic E-state index is 0. The average molecular weight is 190 g/mol. The van der Waals surface area contributed by atoms with Gasteiger partial charge in [-0.3, -0.25) is 4.98 Å². The van der Waals surface area contributed by atoms with Crippen LogP contribution in [0.2, 0.25) is 0 Å². The molecule has 2 N–H and O–H groups in total. The van der Waals surface area contributed by atoms with Gasteiger partial charge in [0.2, 0.25) is 0 Å². The molecule has 0 saturated carbocycles. The summed E-state index contributed by atoms with van der Waals surface area (Å²) in [6, 6.07) is 3.20. The van der Waals surface area contributed by atoms with Gasteiger partial charge in [0.25, 0.3) is 0 Å². The van der Waals surface area contributed by atoms with Crippen molar-refractivity contribution in [3.8, 4) is 0 Å². The first-order chi connectivity index (χ1) is 4.84. The molecular weight excluding hydrogens is 184 g/mol. The van der Waals surface area contributed by atoms with E-state index in [4.69, 9.17) is 0 Å². The fourth-order valence-electron chi connectivity index (χ4n) is 0.552. The van der Waals surface area contributed by atoms with Gasteiger partial charge in [-0.2, -0.15) is 5.90 Å². The largest absolute Gasteiger partial charge is 0.370 e. The Labute approximate surface area is 74.5 Å². The van der Waals surface area contributed by atoms with Crippen LogP contribution in [0.5, 0.6) is 0 Å². The zero-order valence-electron chi connectivity index (χ0n) is 5.56. The fraction of sp³-hybridized carbons (Fsp3) is 0. The van der Waals surface area contributed by atoms with Crippen LogP contribution < -0.4 is 5.90 Å². The van der Waals surface area contributed by atoms with E-state index in [2.05, 4.69) is 15.7 Å². The molecule has 4 nitrogen and oxygen atoms in total. The summed E-state index contributed by atoms with van der Waals surface area (Å²) in [5.74, 6) is 4.05. The monoisotopic (exact) mass is 190 g/mol. The number of nitrogens with two attached hydrogens (primary N) is 1. The molecule has 0 aromatic carbocycles. The topological polar surface area (TPSA) is 65.2 Å². The molecular formula is C6H6CrN2O2. The van der Waals surface area contributed by atoms with Gasteiger partial charge in [-0.25, -0.2) is 4.79 Å². The van der Waals surface area contributed by atoms with Crippen LogP contribution in [0.3, 0.4) is 0 Å². The summed E-state index contributed by atoms with van der Waals surface area (Å²) in [6.45, 7) is 0. The normalized spacial score (nSPS) is 8.09. The zero-order chi connectivity index (χ0) is 7.40. The third kappa shape index (κ3) is 2.68. The number of carbonyl (C=O) groups excluding carboxylic acids is 1. The quantitative estimate of drug-likeness (QED) is 0.638. The molecule has 0 amide bonds. The molecule has 0 saturated heterocycles. The molecule has 11 heavy (non-hydrogen) atoms. The Balaban J connectivity index is 0.000001000. The molecule has 1 rings (SSSR count). The zero-order valence-corrected chi connectivity index (χ0v) is 6.83. The summed E-state index contributed by atoms with van der Waals surface area (Å²) in [7, 11) is 0. The Morgan fingerprint density at radius 1 is 1.64 bits per heavy atom. The third-order valence-electron chi connectivity index (χ3n) is 1.00. The molecule has 0 unspecified atom stereocenters. The molecule has 5 heteroatoms. The maximum Gasteiger partial charge on any atom is 0.358 e. The molecule has 0 spiro atoms. The minimum Gasteiger partial charge on any atom is -0.370 e. The summed E-state index contributed by atoms with van der Waals surface area (Å²) in [5.41, 5.74) is 0.352. The number of hydrogen-bond acceptors (Lipinski definition) is 4.